The van der Waals surface area contributed by atoms with E-state index >= 15 is 0 Å². The van der Waals surface area contributed by atoms with E-state index < -0.39 is 10.0 Å². The summed E-state index contributed by atoms with van der Waals surface area (Å²) in [6.45, 7) is 3.97. The van der Waals surface area contributed by atoms with Gasteiger partial charge in [0.05, 0.1) is 11.9 Å². The van der Waals surface area contributed by atoms with Gasteiger partial charge in [0.1, 0.15) is 6.54 Å². The van der Waals surface area contributed by atoms with Gasteiger partial charge in [0, 0.05) is 17.3 Å². The zero-order valence-corrected chi connectivity index (χ0v) is 19.3. The van der Waals surface area contributed by atoms with E-state index in [2.05, 4.69) is 5.32 Å². The summed E-state index contributed by atoms with van der Waals surface area (Å²) in [6.07, 6.45) is 1.93. The summed E-state index contributed by atoms with van der Waals surface area (Å²) in [7, 11) is -3.57. The number of hydrogen-bond donors (Lipinski definition) is 1. The number of anilines is 1. The third-order valence-corrected chi connectivity index (χ3v) is 6.78. The van der Waals surface area contributed by atoms with Crippen molar-refractivity contribution in [3.8, 4) is 0 Å². The number of halogens is 1. The lowest BCUT2D eigenvalue weighted by molar-refractivity contribution is -0.119. The van der Waals surface area contributed by atoms with Crippen LogP contribution in [0, 0.1) is 13.8 Å². The molecule has 0 aromatic heterocycles. The second kappa shape index (κ2) is 10.9. The van der Waals surface area contributed by atoms with Gasteiger partial charge in [0.15, 0.2) is 0 Å². The summed E-state index contributed by atoms with van der Waals surface area (Å²) < 4.78 is 25.7. The molecule has 158 valence electrons. The Morgan fingerprint density at radius 1 is 1.14 bits per heavy atom. The Balaban J connectivity index is 1.82. The van der Waals surface area contributed by atoms with Crippen LogP contribution in [-0.2, 0) is 20.6 Å². The number of thioether (sulfide) groups is 1. The van der Waals surface area contributed by atoms with Crippen LogP contribution in [0.3, 0.4) is 0 Å². The number of hydrogen-bond acceptors (Lipinski definition) is 4. The van der Waals surface area contributed by atoms with Gasteiger partial charge in [-0.05, 0) is 54.8 Å². The van der Waals surface area contributed by atoms with Crippen LogP contribution >= 0.6 is 23.4 Å². The molecule has 0 aliphatic carbocycles. The average Bonchev–Trinajstić information content (AvgIpc) is 2.63. The van der Waals surface area contributed by atoms with Crippen molar-refractivity contribution in [1.82, 2.24) is 5.32 Å². The predicted molar refractivity (Wildman–Crippen MR) is 123 cm³/mol. The number of nitrogens with zero attached hydrogens (tertiary/aromatic N) is 1. The number of carbonyl (C=O) groups excluding carboxylic acids is 1. The summed E-state index contributed by atoms with van der Waals surface area (Å²) in [4.78, 5) is 12.3. The monoisotopic (exact) mass is 454 g/mol. The molecule has 0 atom stereocenters. The van der Waals surface area contributed by atoms with Gasteiger partial charge >= 0.3 is 0 Å². The molecular weight excluding hydrogens is 428 g/mol. The highest BCUT2D eigenvalue weighted by Gasteiger charge is 2.23. The van der Waals surface area contributed by atoms with E-state index in [4.69, 9.17) is 11.6 Å². The van der Waals surface area contributed by atoms with Crippen molar-refractivity contribution in [2.45, 2.75) is 26.0 Å². The fourth-order valence-electron chi connectivity index (χ4n) is 2.97. The number of benzene rings is 2. The molecule has 0 aliphatic rings. The molecule has 0 bridgehead atoms. The van der Waals surface area contributed by atoms with Crippen LogP contribution in [-0.4, -0.2) is 39.4 Å². The third kappa shape index (κ3) is 7.57. The first-order valence-electron chi connectivity index (χ1n) is 9.31. The standard InChI is InChI=1S/C21H27ClN2O3S2/c1-16-7-4-8-17(2)21(16)24(29(3,26)27)14-20(25)23-11-6-12-28-15-18-9-5-10-19(22)13-18/h4-5,7-10,13H,6,11-12,14-15H2,1-3H3,(H,23,25). The highest BCUT2D eigenvalue weighted by Crippen LogP contribution is 2.26. The van der Waals surface area contributed by atoms with E-state index in [9.17, 15) is 13.2 Å². The molecule has 0 spiro atoms. The Kier molecular flexibility index (Phi) is 8.86. The van der Waals surface area contributed by atoms with E-state index in [0.717, 1.165) is 40.3 Å². The molecule has 1 amide bonds. The highest BCUT2D eigenvalue weighted by molar-refractivity contribution is 7.98. The van der Waals surface area contributed by atoms with Crippen LogP contribution in [0.25, 0.3) is 0 Å². The number of amides is 1. The lowest BCUT2D eigenvalue weighted by Crippen LogP contribution is -2.41. The molecule has 1 N–H and O–H groups in total. The Hall–Kier alpha value is -1.70. The molecule has 2 aromatic carbocycles. The smallest absolute Gasteiger partial charge is 0.240 e. The molecular formula is C21H27ClN2O3S2. The summed E-state index contributed by atoms with van der Waals surface area (Å²) >= 11 is 7.75. The summed E-state index contributed by atoms with van der Waals surface area (Å²) in [5, 5.41) is 3.55. The number of rotatable bonds is 10. The Morgan fingerprint density at radius 3 is 2.41 bits per heavy atom. The van der Waals surface area contributed by atoms with Gasteiger partial charge in [-0.25, -0.2) is 8.42 Å². The van der Waals surface area contributed by atoms with Crippen LogP contribution in [0.4, 0.5) is 5.69 Å². The summed E-state index contributed by atoms with van der Waals surface area (Å²) in [5.41, 5.74) is 3.38. The molecule has 0 aliphatic heterocycles. The van der Waals surface area contributed by atoms with E-state index in [1.165, 1.54) is 9.87 Å². The summed E-state index contributed by atoms with van der Waals surface area (Å²) in [6, 6.07) is 13.3. The van der Waals surface area contributed by atoms with Gasteiger partial charge in [-0.15, -0.1) is 0 Å². The molecule has 0 saturated heterocycles. The largest absolute Gasteiger partial charge is 0.354 e. The van der Waals surface area contributed by atoms with Gasteiger partial charge in [0.2, 0.25) is 15.9 Å². The minimum Gasteiger partial charge on any atom is -0.354 e. The minimum absolute atomic E-state index is 0.222. The number of carbonyl (C=O) groups is 1. The number of para-hydroxylation sites is 1. The van der Waals surface area contributed by atoms with E-state index in [1.54, 1.807) is 11.8 Å². The highest BCUT2D eigenvalue weighted by atomic mass is 35.5. The van der Waals surface area contributed by atoms with Crippen LogP contribution in [0.15, 0.2) is 42.5 Å². The van der Waals surface area contributed by atoms with Crippen LogP contribution in [0.1, 0.15) is 23.1 Å². The second-order valence-electron chi connectivity index (χ2n) is 6.90. The molecule has 0 radical (unpaired) electrons. The quantitative estimate of drug-likeness (QED) is 0.547. The first kappa shape index (κ1) is 23.6. The van der Waals surface area contributed by atoms with Gasteiger partial charge < -0.3 is 5.32 Å². The van der Waals surface area contributed by atoms with E-state index in [0.29, 0.717) is 12.2 Å². The lowest BCUT2D eigenvalue weighted by atomic mass is 10.1. The fraction of sp³-hybridized carbons (Fsp3) is 0.381. The number of aryl methyl sites for hydroxylation is 2. The number of sulfonamides is 1. The van der Waals surface area contributed by atoms with E-state index in [-0.39, 0.29) is 12.5 Å². The van der Waals surface area contributed by atoms with Crippen LogP contribution in [0.5, 0.6) is 0 Å². The van der Waals surface area contributed by atoms with Crippen LogP contribution < -0.4 is 9.62 Å². The zero-order chi connectivity index (χ0) is 21.4. The third-order valence-electron chi connectivity index (χ3n) is 4.32. The topological polar surface area (TPSA) is 66.5 Å². The maximum Gasteiger partial charge on any atom is 0.240 e. The Labute approximate surface area is 182 Å². The zero-order valence-electron chi connectivity index (χ0n) is 16.9. The van der Waals surface area contributed by atoms with Gasteiger partial charge in [-0.2, -0.15) is 11.8 Å². The first-order valence-corrected chi connectivity index (χ1v) is 12.7. The van der Waals surface area contributed by atoms with Crippen molar-refractivity contribution in [3.63, 3.8) is 0 Å². The van der Waals surface area contributed by atoms with Gasteiger partial charge in [0.25, 0.3) is 0 Å². The van der Waals surface area contributed by atoms with E-state index in [1.807, 2.05) is 56.3 Å². The minimum atomic E-state index is -3.57. The maximum absolute atomic E-state index is 12.3. The molecule has 5 nitrogen and oxygen atoms in total. The van der Waals surface area contributed by atoms with Crippen molar-refractivity contribution in [2.75, 3.05) is 29.4 Å². The second-order valence-corrected chi connectivity index (χ2v) is 10.3. The van der Waals surface area contributed by atoms with Crippen molar-refractivity contribution < 1.29 is 13.2 Å². The normalized spacial score (nSPS) is 11.3. The fourth-order valence-corrected chi connectivity index (χ4v) is 5.06. The van der Waals surface area contributed by atoms with Crippen molar-refractivity contribution in [2.24, 2.45) is 0 Å². The molecule has 0 unspecified atom stereocenters. The van der Waals surface area contributed by atoms with Gasteiger partial charge in [-0.3, -0.25) is 9.10 Å². The predicted octanol–water partition coefficient (Wildman–Crippen LogP) is 4.16. The van der Waals surface area contributed by atoms with Crippen molar-refractivity contribution in [1.29, 1.82) is 0 Å². The Bertz CT molecular complexity index is 928. The van der Waals surface area contributed by atoms with Crippen molar-refractivity contribution in [3.05, 3.63) is 64.2 Å². The molecule has 0 saturated carbocycles. The molecule has 2 rings (SSSR count). The molecule has 0 heterocycles. The summed E-state index contributed by atoms with van der Waals surface area (Å²) in [5.74, 6) is 1.44. The molecule has 0 fully saturated rings. The van der Waals surface area contributed by atoms with Gasteiger partial charge in [-0.1, -0.05) is 41.9 Å². The maximum atomic E-state index is 12.3. The first-order chi connectivity index (χ1) is 13.7. The SMILES string of the molecule is Cc1cccc(C)c1N(CC(=O)NCCCSCc1cccc(Cl)c1)S(C)(=O)=O. The molecule has 8 heteroatoms. The Morgan fingerprint density at radius 2 is 1.79 bits per heavy atom. The lowest BCUT2D eigenvalue weighted by Gasteiger charge is -2.25. The number of nitrogens with one attached hydrogen (secondary N) is 1. The van der Waals surface area contributed by atoms with Crippen LogP contribution in [0.2, 0.25) is 5.02 Å². The average molecular weight is 455 g/mol. The molecule has 2 aromatic rings. The molecule has 29 heavy (non-hydrogen) atoms. The van der Waals surface area contributed by atoms with Crippen molar-refractivity contribution >= 4 is 45.0 Å².